The standard InChI is InChI=1S/C56H61BN2/c1-34-25-49-51-50(26-34)59(47-28-38(52(3,4)5)21-19-35(47)2)46-24-20-37(36-17-15-14-16-18-36)27-44(46)57(51)45-30-42-43(56(12,13)33-55(42,10)11)31-48(45)58(49)39-22-23-40-41(29-39)54(8,9)32-53(40,6)7/h14-31H,32-33H2,1-13H3/i1D3. The third-order valence-electron chi connectivity index (χ3n) is 14.6. The summed E-state index contributed by atoms with van der Waals surface area (Å²) in [5.74, 6) is 0. The lowest BCUT2D eigenvalue weighted by Crippen LogP contribution is -2.61. The van der Waals surface area contributed by atoms with Gasteiger partial charge in [0.2, 0.25) is 0 Å². The highest BCUT2D eigenvalue weighted by Crippen LogP contribution is 2.55. The second kappa shape index (κ2) is 12.3. The summed E-state index contributed by atoms with van der Waals surface area (Å²) in [4.78, 5) is 4.85. The number of nitrogens with zero attached hydrogens (tertiary/aromatic N) is 2. The fourth-order valence-electron chi connectivity index (χ4n) is 12.2. The molecule has 0 unspecified atom stereocenters. The minimum atomic E-state index is -2.34. The van der Waals surface area contributed by atoms with Crippen LogP contribution in [0.3, 0.4) is 0 Å². The van der Waals surface area contributed by atoms with E-state index in [-0.39, 0.29) is 33.8 Å². The topological polar surface area (TPSA) is 6.48 Å². The van der Waals surface area contributed by atoms with E-state index >= 15 is 0 Å². The first kappa shape index (κ1) is 34.8. The number of hydrogen-bond donors (Lipinski definition) is 0. The molecule has 59 heavy (non-hydrogen) atoms. The van der Waals surface area contributed by atoms with E-state index in [0.717, 1.165) is 58.0 Å². The van der Waals surface area contributed by atoms with Gasteiger partial charge in [0.15, 0.2) is 0 Å². The Bertz CT molecular complexity index is 2860. The second-order valence-corrected chi connectivity index (χ2v) is 22.0. The summed E-state index contributed by atoms with van der Waals surface area (Å²) in [7, 11) is 0. The van der Waals surface area contributed by atoms with Crippen LogP contribution < -0.4 is 26.2 Å². The fraction of sp³-hybridized carbons (Fsp3) is 0.357. The number of aryl methyl sites for hydroxylation is 2. The van der Waals surface area contributed by atoms with Gasteiger partial charge in [-0.2, -0.15) is 0 Å². The van der Waals surface area contributed by atoms with Gasteiger partial charge >= 0.3 is 0 Å². The molecule has 0 spiro atoms. The average molecular weight is 776 g/mol. The van der Waals surface area contributed by atoms with Crippen molar-refractivity contribution in [3.63, 3.8) is 0 Å². The van der Waals surface area contributed by atoms with Crippen LogP contribution in [0.2, 0.25) is 0 Å². The molecule has 4 aliphatic rings. The maximum absolute atomic E-state index is 9.03. The molecule has 2 aliphatic carbocycles. The second-order valence-electron chi connectivity index (χ2n) is 22.0. The average Bonchev–Trinajstić information content (AvgIpc) is 3.50. The third-order valence-corrected chi connectivity index (χ3v) is 14.6. The normalized spacial score (nSPS) is 19.5. The molecule has 0 N–H and O–H groups in total. The van der Waals surface area contributed by atoms with Crippen molar-refractivity contribution in [3.8, 4) is 11.1 Å². The number of hydrogen-bond acceptors (Lipinski definition) is 2. The third kappa shape index (κ3) is 5.66. The zero-order chi connectivity index (χ0) is 44.3. The van der Waals surface area contributed by atoms with Gasteiger partial charge in [-0.25, -0.2) is 0 Å². The van der Waals surface area contributed by atoms with Crippen LogP contribution >= 0.6 is 0 Å². The zero-order valence-electron chi connectivity index (χ0n) is 40.3. The van der Waals surface area contributed by atoms with Crippen molar-refractivity contribution in [3.05, 3.63) is 148 Å². The highest BCUT2D eigenvalue weighted by molar-refractivity contribution is 7.00. The molecule has 2 heterocycles. The van der Waals surface area contributed by atoms with Crippen molar-refractivity contribution < 1.29 is 4.11 Å². The van der Waals surface area contributed by atoms with E-state index in [1.807, 2.05) is 12.1 Å². The molecule has 0 bridgehead atoms. The van der Waals surface area contributed by atoms with Crippen LogP contribution in [-0.2, 0) is 27.1 Å². The van der Waals surface area contributed by atoms with Gasteiger partial charge in [-0.3, -0.25) is 0 Å². The Morgan fingerprint density at radius 1 is 0.525 bits per heavy atom. The van der Waals surface area contributed by atoms with Crippen molar-refractivity contribution >= 4 is 57.2 Å². The predicted octanol–water partition coefficient (Wildman–Crippen LogP) is 13.3. The van der Waals surface area contributed by atoms with E-state index in [2.05, 4.69) is 190 Å². The van der Waals surface area contributed by atoms with Crippen LogP contribution in [0.15, 0.2) is 109 Å². The number of rotatable bonds is 3. The first-order valence-electron chi connectivity index (χ1n) is 23.3. The van der Waals surface area contributed by atoms with E-state index in [1.165, 1.54) is 49.9 Å². The molecule has 2 nitrogen and oxygen atoms in total. The van der Waals surface area contributed by atoms with Gasteiger partial charge in [0, 0.05) is 38.2 Å². The summed E-state index contributed by atoms with van der Waals surface area (Å²) in [5, 5.41) is 0. The van der Waals surface area contributed by atoms with E-state index < -0.39 is 6.85 Å². The Morgan fingerprint density at radius 3 is 1.80 bits per heavy atom. The molecule has 0 aromatic heterocycles. The van der Waals surface area contributed by atoms with Crippen molar-refractivity contribution in [2.75, 3.05) is 9.80 Å². The highest BCUT2D eigenvalue weighted by Gasteiger charge is 2.49. The highest BCUT2D eigenvalue weighted by atomic mass is 15.2. The van der Waals surface area contributed by atoms with Gasteiger partial charge in [0.25, 0.3) is 6.71 Å². The van der Waals surface area contributed by atoms with E-state index in [0.29, 0.717) is 5.56 Å². The summed E-state index contributed by atoms with van der Waals surface area (Å²) in [5.41, 5.74) is 20.5. The Morgan fingerprint density at radius 2 is 1.14 bits per heavy atom. The Balaban J connectivity index is 1.36. The molecule has 6 aromatic rings. The quantitative estimate of drug-likeness (QED) is 0.165. The predicted molar refractivity (Wildman–Crippen MR) is 255 cm³/mol. The van der Waals surface area contributed by atoms with Gasteiger partial charge in [-0.05, 0) is 163 Å². The Kier molecular flexibility index (Phi) is 7.24. The summed E-state index contributed by atoms with van der Waals surface area (Å²) in [6.45, 7) is 25.6. The lowest BCUT2D eigenvalue weighted by molar-refractivity contribution is 0.403. The maximum Gasteiger partial charge on any atom is 0.252 e. The molecule has 0 saturated heterocycles. The molecular formula is C56H61BN2. The van der Waals surface area contributed by atoms with Crippen LogP contribution in [0.1, 0.15) is 132 Å². The number of fused-ring (bicyclic) bond motifs is 6. The zero-order valence-corrected chi connectivity index (χ0v) is 37.3. The van der Waals surface area contributed by atoms with Gasteiger partial charge < -0.3 is 9.80 Å². The summed E-state index contributed by atoms with van der Waals surface area (Å²) >= 11 is 0. The molecule has 2 aliphatic heterocycles. The summed E-state index contributed by atoms with van der Waals surface area (Å²) in [6.07, 6.45) is 2.12. The SMILES string of the molecule is [2H]C([2H])([2H])c1cc2c3c(c1)N(c1cc(C(C)(C)C)ccc1C)c1ccc(-c4ccccc4)cc1B3c1cc3c(cc1N2c1ccc2c(c1)C(C)(C)CC2(C)C)C(C)(C)CC3(C)C. The summed E-state index contributed by atoms with van der Waals surface area (Å²) < 4.78 is 27.1. The molecular weight excluding hydrogens is 711 g/mol. The fourth-order valence-corrected chi connectivity index (χ4v) is 12.2. The van der Waals surface area contributed by atoms with Crippen molar-refractivity contribution in [2.24, 2.45) is 0 Å². The molecule has 0 atom stereocenters. The van der Waals surface area contributed by atoms with Gasteiger partial charge in [-0.1, -0.05) is 143 Å². The van der Waals surface area contributed by atoms with Crippen molar-refractivity contribution in [2.45, 2.75) is 130 Å². The van der Waals surface area contributed by atoms with E-state index in [9.17, 15) is 0 Å². The molecule has 0 saturated carbocycles. The minimum absolute atomic E-state index is 0.0148. The van der Waals surface area contributed by atoms with Crippen LogP contribution in [0.25, 0.3) is 11.1 Å². The lowest BCUT2D eigenvalue weighted by atomic mass is 9.33. The van der Waals surface area contributed by atoms with Crippen LogP contribution in [0.5, 0.6) is 0 Å². The summed E-state index contributed by atoms with van der Waals surface area (Å²) in [6, 6.07) is 40.7. The molecule has 3 heteroatoms. The molecule has 0 amide bonds. The minimum Gasteiger partial charge on any atom is -0.311 e. The molecule has 0 fully saturated rings. The van der Waals surface area contributed by atoms with E-state index in [1.54, 1.807) is 0 Å². The molecule has 0 radical (unpaired) electrons. The van der Waals surface area contributed by atoms with E-state index in [4.69, 9.17) is 4.11 Å². The first-order chi connectivity index (χ1) is 28.9. The van der Waals surface area contributed by atoms with Crippen molar-refractivity contribution in [1.82, 2.24) is 0 Å². The molecule has 6 aromatic carbocycles. The van der Waals surface area contributed by atoms with Crippen LogP contribution in [-0.4, -0.2) is 6.71 Å². The largest absolute Gasteiger partial charge is 0.311 e. The maximum atomic E-state index is 9.03. The molecule has 10 rings (SSSR count). The molecule has 298 valence electrons. The van der Waals surface area contributed by atoms with Crippen LogP contribution in [0, 0.1) is 13.8 Å². The Hall–Kier alpha value is -5.02. The van der Waals surface area contributed by atoms with Gasteiger partial charge in [0.05, 0.1) is 0 Å². The number of benzene rings is 6. The monoisotopic (exact) mass is 776 g/mol. The van der Waals surface area contributed by atoms with Crippen LogP contribution in [0.4, 0.5) is 34.1 Å². The number of anilines is 6. The van der Waals surface area contributed by atoms with Gasteiger partial charge in [-0.15, -0.1) is 0 Å². The smallest absolute Gasteiger partial charge is 0.252 e. The van der Waals surface area contributed by atoms with Crippen molar-refractivity contribution in [1.29, 1.82) is 0 Å². The Labute approximate surface area is 359 Å². The van der Waals surface area contributed by atoms with Gasteiger partial charge in [0.1, 0.15) is 0 Å². The lowest BCUT2D eigenvalue weighted by Gasteiger charge is -2.45. The first-order valence-corrected chi connectivity index (χ1v) is 21.8.